The second-order valence-corrected chi connectivity index (χ2v) is 6.29. The van der Waals surface area contributed by atoms with Crippen molar-refractivity contribution in [3.8, 4) is 0 Å². The number of rotatable bonds is 5. The predicted octanol–water partition coefficient (Wildman–Crippen LogP) is 4.71. The van der Waals surface area contributed by atoms with E-state index in [0.29, 0.717) is 4.90 Å². The first-order valence-corrected chi connectivity index (χ1v) is 7.64. The fourth-order valence-corrected chi connectivity index (χ4v) is 3.46. The Hall–Kier alpha value is -0.840. The third-order valence-corrected chi connectivity index (χ3v) is 4.76. The average molecular weight is 281 g/mol. The molecule has 2 aromatic rings. The van der Waals surface area contributed by atoms with E-state index in [1.165, 1.54) is 11.8 Å². The van der Waals surface area contributed by atoms with E-state index in [1.54, 1.807) is 17.4 Å². The van der Waals surface area contributed by atoms with Crippen molar-refractivity contribution in [2.24, 2.45) is 0 Å². The molecule has 0 saturated carbocycles. The van der Waals surface area contributed by atoms with Crippen molar-refractivity contribution in [3.05, 3.63) is 47.1 Å². The largest absolute Gasteiger partial charge is 0.310 e. The Kier molecular flexibility index (Phi) is 4.80. The summed E-state index contributed by atoms with van der Waals surface area (Å²) in [6.45, 7) is 4.98. The van der Waals surface area contributed by atoms with E-state index >= 15 is 0 Å². The maximum atomic E-state index is 14.0. The number of hydrogen-bond donors (Lipinski definition) is 1. The molecule has 0 saturated heterocycles. The molecule has 96 valence electrons. The normalized spacial score (nSPS) is 12.6. The number of thiophene rings is 1. The molecule has 0 fully saturated rings. The maximum Gasteiger partial charge on any atom is 0.137 e. The van der Waals surface area contributed by atoms with Crippen LogP contribution in [0.15, 0.2) is 44.8 Å². The van der Waals surface area contributed by atoms with Crippen LogP contribution in [0.3, 0.4) is 0 Å². The number of benzene rings is 1. The molecule has 1 aromatic heterocycles. The van der Waals surface area contributed by atoms with Gasteiger partial charge in [0.15, 0.2) is 0 Å². The average Bonchev–Trinajstić information content (AvgIpc) is 2.85. The van der Waals surface area contributed by atoms with E-state index < -0.39 is 0 Å². The second kappa shape index (κ2) is 6.36. The molecule has 1 atom stereocenters. The Balaban J connectivity index is 2.14. The molecule has 0 radical (unpaired) electrons. The summed E-state index contributed by atoms with van der Waals surface area (Å²) in [4.78, 5) is 0.685. The van der Waals surface area contributed by atoms with E-state index in [4.69, 9.17) is 0 Å². The van der Waals surface area contributed by atoms with Gasteiger partial charge in [0, 0.05) is 10.9 Å². The Morgan fingerprint density at radius 2 is 2.22 bits per heavy atom. The minimum Gasteiger partial charge on any atom is -0.310 e. The van der Waals surface area contributed by atoms with Crippen molar-refractivity contribution in [3.63, 3.8) is 0 Å². The first-order valence-electron chi connectivity index (χ1n) is 5.95. The van der Waals surface area contributed by atoms with Crippen molar-refractivity contribution in [1.82, 2.24) is 5.32 Å². The van der Waals surface area contributed by atoms with Crippen LogP contribution in [-0.2, 0) is 0 Å². The molecule has 1 nitrogen and oxygen atoms in total. The Morgan fingerprint density at radius 3 is 2.83 bits per heavy atom. The molecule has 2 rings (SSSR count). The van der Waals surface area contributed by atoms with Gasteiger partial charge in [-0.3, -0.25) is 0 Å². The third-order valence-electron chi connectivity index (χ3n) is 2.67. The van der Waals surface area contributed by atoms with Gasteiger partial charge >= 0.3 is 0 Å². The lowest BCUT2D eigenvalue weighted by atomic mass is 10.1. The van der Waals surface area contributed by atoms with Crippen LogP contribution < -0.4 is 5.32 Å². The van der Waals surface area contributed by atoms with Crippen LogP contribution in [0.5, 0.6) is 0 Å². The third kappa shape index (κ3) is 3.34. The van der Waals surface area contributed by atoms with Gasteiger partial charge in [0.2, 0.25) is 0 Å². The highest BCUT2D eigenvalue weighted by atomic mass is 32.2. The minimum absolute atomic E-state index is 0.143. The molecule has 1 heterocycles. The van der Waals surface area contributed by atoms with Gasteiger partial charge in [0.1, 0.15) is 5.82 Å². The molecule has 1 aromatic carbocycles. The van der Waals surface area contributed by atoms with Crippen molar-refractivity contribution in [2.45, 2.75) is 29.0 Å². The summed E-state index contributed by atoms with van der Waals surface area (Å²) in [6.07, 6.45) is 0. The molecule has 1 unspecified atom stereocenters. The van der Waals surface area contributed by atoms with Crippen LogP contribution in [-0.4, -0.2) is 6.54 Å². The number of hydrogen-bond acceptors (Lipinski definition) is 3. The fraction of sp³-hybridized carbons (Fsp3) is 0.286. The van der Waals surface area contributed by atoms with E-state index in [2.05, 4.69) is 5.32 Å². The predicted molar refractivity (Wildman–Crippen MR) is 76.9 cm³/mol. The molecule has 0 aliphatic rings. The van der Waals surface area contributed by atoms with Crippen LogP contribution in [0.2, 0.25) is 0 Å². The SMILES string of the molecule is CCNC(C)c1ccc(Sc2cccs2)c(F)c1. The van der Waals surface area contributed by atoms with E-state index in [1.807, 2.05) is 43.5 Å². The van der Waals surface area contributed by atoms with Crippen LogP contribution in [0.25, 0.3) is 0 Å². The lowest BCUT2D eigenvalue weighted by Crippen LogP contribution is -2.17. The molecule has 0 amide bonds. The smallest absolute Gasteiger partial charge is 0.137 e. The summed E-state index contributed by atoms with van der Waals surface area (Å²) in [5.41, 5.74) is 0.991. The monoisotopic (exact) mass is 281 g/mol. The van der Waals surface area contributed by atoms with Crippen molar-refractivity contribution < 1.29 is 4.39 Å². The molecule has 0 aliphatic heterocycles. The molecule has 0 bridgehead atoms. The summed E-state index contributed by atoms with van der Waals surface area (Å²) >= 11 is 3.11. The lowest BCUT2D eigenvalue weighted by Gasteiger charge is -2.13. The van der Waals surface area contributed by atoms with Crippen molar-refractivity contribution in [1.29, 1.82) is 0 Å². The van der Waals surface area contributed by atoms with Crippen LogP contribution in [0.4, 0.5) is 4.39 Å². The lowest BCUT2D eigenvalue weighted by molar-refractivity contribution is 0.572. The minimum atomic E-state index is -0.143. The summed E-state index contributed by atoms with van der Waals surface area (Å²) in [5.74, 6) is -0.143. The maximum absolute atomic E-state index is 14.0. The Labute approximate surface area is 115 Å². The summed E-state index contributed by atoms with van der Waals surface area (Å²) in [7, 11) is 0. The Morgan fingerprint density at radius 1 is 1.39 bits per heavy atom. The standard InChI is InChI=1S/C14H16FNS2/c1-3-16-10(2)11-6-7-13(12(15)9-11)18-14-5-4-8-17-14/h4-10,16H,3H2,1-2H3. The van der Waals surface area contributed by atoms with Gasteiger partial charge in [-0.15, -0.1) is 11.3 Å². The highest BCUT2D eigenvalue weighted by molar-refractivity contribution is 8.01. The quantitative estimate of drug-likeness (QED) is 0.852. The summed E-state index contributed by atoms with van der Waals surface area (Å²) < 4.78 is 15.1. The van der Waals surface area contributed by atoms with Crippen molar-refractivity contribution in [2.75, 3.05) is 6.54 Å². The van der Waals surface area contributed by atoms with Crippen LogP contribution in [0, 0.1) is 5.82 Å². The second-order valence-electron chi connectivity index (χ2n) is 4.00. The van der Waals surface area contributed by atoms with Crippen molar-refractivity contribution >= 4 is 23.1 Å². The molecule has 4 heteroatoms. The molecule has 1 N–H and O–H groups in total. The van der Waals surface area contributed by atoms with Crippen LogP contribution in [0.1, 0.15) is 25.5 Å². The van der Waals surface area contributed by atoms with E-state index in [-0.39, 0.29) is 11.9 Å². The molecular formula is C14H16FNS2. The zero-order chi connectivity index (χ0) is 13.0. The van der Waals surface area contributed by atoms with Crippen LogP contribution >= 0.6 is 23.1 Å². The molecule has 0 spiro atoms. The van der Waals surface area contributed by atoms with Gasteiger partial charge in [-0.25, -0.2) is 4.39 Å². The summed E-state index contributed by atoms with van der Waals surface area (Å²) in [6, 6.07) is 9.65. The first-order chi connectivity index (χ1) is 8.70. The van der Waals surface area contributed by atoms with Gasteiger partial charge in [-0.1, -0.05) is 30.8 Å². The zero-order valence-electron chi connectivity index (χ0n) is 10.4. The van der Waals surface area contributed by atoms with Gasteiger partial charge in [0.05, 0.1) is 4.21 Å². The Bertz CT molecular complexity index is 497. The fourth-order valence-electron chi connectivity index (χ4n) is 1.72. The zero-order valence-corrected chi connectivity index (χ0v) is 12.1. The first kappa shape index (κ1) is 13.6. The molecular weight excluding hydrogens is 265 g/mol. The van der Waals surface area contributed by atoms with Gasteiger partial charge in [-0.2, -0.15) is 0 Å². The number of halogens is 1. The highest BCUT2D eigenvalue weighted by Crippen LogP contribution is 2.33. The van der Waals surface area contributed by atoms with Gasteiger partial charge < -0.3 is 5.32 Å². The van der Waals surface area contributed by atoms with E-state index in [0.717, 1.165) is 16.3 Å². The van der Waals surface area contributed by atoms with Gasteiger partial charge in [0.25, 0.3) is 0 Å². The number of nitrogens with one attached hydrogen (secondary N) is 1. The molecule has 18 heavy (non-hydrogen) atoms. The molecule has 0 aliphatic carbocycles. The highest BCUT2D eigenvalue weighted by Gasteiger charge is 2.09. The summed E-state index contributed by atoms with van der Waals surface area (Å²) in [5, 5.41) is 5.28. The topological polar surface area (TPSA) is 12.0 Å². The van der Waals surface area contributed by atoms with E-state index in [9.17, 15) is 4.39 Å². The van der Waals surface area contributed by atoms with Gasteiger partial charge in [-0.05, 0) is 42.6 Å².